The van der Waals surface area contributed by atoms with E-state index < -0.39 is 5.97 Å². The Labute approximate surface area is 139 Å². The van der Waals surface area contributed by atoms with Crippen molar-refractivity contribution in [1.82, 2.24) is 9.47 Å². The van der Waals surface area contributed by atoms with Crippen molar-refractivity contribution >= 4 is 28.7 Å². The second kappa shape index (κ2) is 6.35. The minimum Gasteiger partial charge on any atom is -0.497 e. The molecule has 1 aromatic heterocycles. The molecule has 0 fully saturated rings. The normalized spacial score (nSPS) is 14.0. The first-order valence-electron chi connectivity index (χ1n) is 7.76. The molecular weight excluding hydrogens is 310 g/mol. The van der Waals surface area contributed by atoms with E-state index in [1.807, 2.05) is 6.07 Å². The Balaban J connectivity index is 2.18. The molecule has 0 radical (unpaired) electrons. The number of nitrogens with zero attached hydrogens (tertiary/aromatic N) is 3. The van der Waals surface area contributed by atoms with Crippen molar-refractivity contribution in [3.05, 3.63) is 30.0 Å². The van der Waals surface area contributed by atoms with Crippen LogP contribution in [0.1, 0.15) is 24.2 Å². The number of aliphatic imine (C=N–C) groups is 1. The molecule has 3 rings (SSSR count). The topological polar surface area (TPSA) is 73.1 Å². The number of hydrogen-bond donors (Lipinski definition) is 0. The van der Waals surface area contributed by atoms with Gasteiger partial charge >= 0.3 is 5.97 Å². The van der Waals surface area contributed by atoms with Gasteiger partial charge in [-0.2, -0.15) is 0 Å². The number of benzene rings is 1. The van der Waals surface area contributed by atoms with E-state index >= 15 is 0 Å². The molecule has 1 aliphatic rings. The highest BCUT2D eigenvalue weighted by Gasteiger charge is 2.26. The van der Waals surface area contributed by atoms with Crippen LogP contribution in [-0.2, 0) is 9.53 Å². The van der Waals surface area contributed by atoms with Gasteiger partial charge in [-0.15, -0.1) is 0 Å². The Morgan fingerprint density at radius 2 is 2.12 bits per heavy atom. The summed E-state index contributed by atoms with van der Waals surface area (Å²) in [5.74, 6) is 0.664. The lowest BCUT2D eigenvalue weighted by Crippen LogP contribution is -2.36. The lowest BCUT2D eigenvalue weighted by molar-refractivity contribution is -0.124. The zero-order chi connectivity index (χ0) is 17.3. The molecule has 2 heterocycles. The number of esters is 1. The summed E-state index contributed by atoms with van der Waals surface area (Å²) in [6.45, 7) is 4.63. The van der Waals surface area contributed by atoms with E-state index in [0.29, 0.717) is 35.7 Å². The molecule has 0 saturated carbocycles. The highest BCUT2D eigenvalue weighted by atomic mass is 16.5. The quantitative estimate of drug-likeness (QED) is 0.806. The molecule has 7 nitrogen and oxygen atoms in total. The van der Waals surface area contributed by atoms with Crippen molar-refractivity contribution in [2.45, 2.75) is 13.8 Å². The summed E-state index contributed by atoms with van der Waals surface area (Å²) in [4.78, 5) is 30.2. The van der Waals surface area contributed by atoms with Crippen molar-refractivity contribution in [1.29, 1.82) is 0 Å². The van der Waals surface area contributed by atoms with E-state index in [1.165, 1.54) is 6.92 Å². The number of hydrogen-bond acceptors (Lipinski definition) is 5. The molecule has 0 spiro atoms. The second-order valence-corrected chi connectivity index (χ2v) is 5.37. The molecule has 126 valence electrons. The molecular formula is C17H19N3O4. The van der Waals surface area contributed by atoms with Gasteiger partial charge in [0.25, 0.3) is 0 Å². The van der Waals surface area contributed by atoms with Crippen molar-refractivity contribution in [2.75, 3.05) is 26.8 Å². The lowest BCUT2D eigenvalue weighted by atomic mass is 10.1. The summed E-state index contributed by atoms with van der Waals surface area (Å²) in [7, 11) is 1.57. The van der Waals surface area contributed by atoms with Gasteiger partial charge in [0.15, 0.2) is 0 Å². The molecule has 0 aliphatic carbocycles. The second-order valence-electron chi connectivity index (χ2n) is 5.37. The minimum absolute atomic E-state index is 0.0840. The van der Waals surface area contributed by atoms with Crippen LogP contribution in [0, 0.1) is 0 Å². The van der Waals surface area contributed by atoms with Gasteiger partial charge in [0.2, 0.25) is 11.9 Å². The fourth-order valence-corrected chi connectivity index (χ4v) is 2.81. The Morgan fingerprint density at radius 1 is 1.33 bits per heavy atom. The first-order chi connectivity index (χ1) is 11.6. The molecule has 0 N–H and O–H groups in total. The van der Waals surface area contributed by atoms with Crippen LogP contribution in [0.15, 0.2) is 29.4 Å². The molecule has 0 bridgehead atoms. The summed E-state index contributed by atoms with van der Waals surface area (Å²) in [5, 5.41) is 0.700. The predicted octanol–water partition coefficient (Wildman–Crippen LogP) is 1.89. The molecule has 7 heteroatoms. The molecule has 1 aromatic carbocycles. The molecule has 0 saturated heterocycles. The fraction of sp³-hybridized carbons (Fsp3) is 0.353. The summed E-state index contributed by atoms with van der Waals surface area (Å²) >= 11 is 0. The maximum Gasteiger partial charge on any atom is 0.340 e. The van der Waals surface area contributed by atoms with Crippen LogP contribution in [0.4, 0.5) is 0 Å². The average molecular weight is 329 g/mol. The Morgan fingerprint density at radius 3 is 2.79 bits per heavy atom. The van der Waals surface area contributed by atoms with Gasteiger partial charge in [0, 0.05) is 25.1 Å². The van der Waals surface area contributed by atoms with E-state index in [9.17, 15) is 9.59 Å². The van der Waals surface area contributed by atoms with Crippen molar-refractivity contribution in [2.24, 2.45) is 4.99 Å². The van der Waals surface area contributed by atoms with Crippen LogP contribution in [0.3, 0.4) is 0 Å². The lowest BCUT2D eigenvalue weighted by Gasteiger charge is -2.17. The van der Waals surface area contributed by atoms with Gasteiger partial charge < -0.3 is 9.47 Å². The van der Waals surface area contributed by atoms with Gasteiger partial charge in [-0.3, -0.25) is 19.3 Å². The van der Waals surface area contributed by atoms with Crippen LogP contribution in [0.5, 0.6) is 5.75 Å². The van der Waals surface area contributed by atoms with Gasteiger partial charge in [-0.05, 0) is 25.1 Å². The maximum absolute atomic E-state index is 12.3. The van der Waals surface area contributed by atoms with Crippen LogP contribution in [0.25, 0.3) is 10.9 Å². The number of carbonyl (C=O) groups excluding carboxylic acids is 2. The third-order valence-corrected chi connectivity index (χ3v) is 3.92. The molecule has 2 aromatic rings. The van der Waals surface area contributed by atoms with Crippen LogP contribution in [0.2, 0.25) is 0 Å². The first kappa shape index (κ1) is 16.0. The fourth-order valence-electron chi connectivity index (χ4n) is 2.81. The monoisotopic (exact) mass is 329 g/mol. The Kier molecular flexibility index (Phi) is 4.24. The average Bonchev–Trinajstić information content (AvgIpc) is 3.18. The van der Waals surface area contributed by atoms with Crippen LogP contribution >= 0.6 is 0 Å². The van der Waals surface area contributed by atoms with Gasteiger partial charge in [0.05, 0.1) is 31.3 Å². The Hall–Kier alpha value is -2.83. The highest BCUT2D eigenvalue weighted by Crippen LogP contribution is 2.27. The van der Waals surface area contributed by atoms with Crippen LogP contribution in [-0.4, -0.2) is 54.1 Å². The molecule has 0 atom stereocenters. The standard InChI is InChI=1S/C17H19N3O4/c1-4-24-16(22)14-10-20(17-18-7-8-19(17)11(2)21)15-6-5-12(23-3)9-13(14)15/h5-6,9-10H,4,7-8H2,1-3H3. The first-order valence-corrected chi connectivity index (χ1v) is 7.76. The Bertz CT molecular complexity index is 838. The molecule has 1 amide bonds. The number of amides is 1. The maximum atomic E-state index is 12.3. The summed E-state index contributed by atoms with van der Waals surface area (Å²) in [6.07, 6.45) is 1.67. The van der Waals surface area contributed by atoms with Gasteiger partial charge in [-0.25, -0.2) is 4.79 Å². The molecule has 1 aliphatic heterocycles. The summed E-state index contributed by atoms with van der Waals surface area (Å²) in [6, 6.07) is 5.43. The van der Waals surface area contributed by atoms with E-state index in [1.54, 1.807) is 41.8 Å². The van der Waals surface area contributed by atoms with Crippen molar-refractivity contribution < 1.29 is 19.1 Å². The van der Waals surface area contributed by atoms with E-state index in [4.69, 9.17) is 9.47 Å². The molecule has 0 unspecified atom stereocenters. The number of aromatic nitrogens is 1. The summed E-state index contributed by atoms with van der Waals surface area (Å²) < 4.78 is 12.2. The number of fused-ring (bicyclic) bond motifs is 1. The third kappa shape index (κ3) is 2.62. The molecule has 24 heavy (non-hydrogen) atoms. The van der Waals surface area contributed by atoms with Gasteiger partial charge in [0.1, 0.15) is 5.75 Å². The number of rotatable bonds is 3. The van der Waals surface area contributed by atoms with E-state index in [2.05, 4.69) is 4.99 Å². The number of ether oxygens (including phenoxy) is 2. The van der Waals surface area contributed by atoms with E-state index in [0.717, 1.165) is 5.52 Å². The largest absolute Gasteiger partial charge is 0.497 e. The third-order valence-electron chi connectivity index (χ3n) is 3.92. The van der Waals surface area contributed by atoms with Crippen molar-refractivity contribution in [3.63, 3.8) is 0 Å². The summed E-state index contributed by atoms with van der Waals surface area (Å²) in [5.41, 5.74) is 1.19. The number of carbonyl (C=O) groups is 2. The minimum atomic E-state index is -0.414. The SMILES string of the molecule is CCOC(=O)c1cn(C2=NCCN2C(C)=O)c2ccc(OC)cc12. The zero-order valence-corrected chi connectivity index (χ0v) is 13.9. The highest BCUT2D eigenvalue weighted by molar-refractivity contribution is 6.10. The van der Waals surface area contributed by atoms with Crippen LogP contribution < -0.4 is 4.74 Å². The smallest absolute Gasteiger partial charge is 0.340 e. The number of methoxy groups -OCH3 is 1. The zero-order valence-electron chi connectivity index (χ0n) is 13.9. The predicted molar refractivity (Wildman–Crippen MR) is 89.5 cm³/mol. The van der Waals surface area contributed by atoms with E-state index in [-0.39, 0.29) is 12.5 Å². The van der Waals surface area contributed by atoms with Crippen molar-refractivity contribution in [3.8, 4) is 5.75 Å². The van der Waals surface area contributed by atoms with Gasteiger partial charge in [-0.1, -0.05) is 0 Å².